The monoisotopic (exact) mass is 600 g/mol. The second-order valence-corrected chi connectivity index (χ2v) is 14.2. The maximum Gasteiger partial charge on any atom is 0.254 e. The summed E-state index contributed by atoms with van der Waals surface area (Å²) >= 11 is 1.82. The van der Waals surface area contributed by atoms with E-state index in [-0.39, 0.29) is 23.9 Å². The number of hydrogen-bond donors (Lipinski definition) is 1. The van der Waals surface area contributed by atoms with Crippen LogP contribution in [0, 0.1) is 11.8 Å². The molecule has 2 bridgehead atoms. The molecule has 2 N–H and O–H groups in total. The number of nitrogens with two attached hydrogens (primary N) is 1. The van der Waals surface area contributed by atoms with E-state index in [2.05, 4.69) is 20.6 Å². The number of fused-ring (bicyclic) bond motifs is 4. The fourth-order valence-electron chi connectivity index (χ4n) is 8.09. The van der Waals surface area contributed by atoms with Crippen molar-refractivity contribution in [2.45, 2.75) is 70.0 Å². The van der Waals surface area contributed by atoms with Crippen LogP contribution in [0.4, 0.5) is 0 Å². The zero-order chi connectivity index (χ0) is 29.6. The SMILES string of the molecule is COc1cc(C(=O)N2C[C@H]3CC[C@@H]2[C@@H]3N)cc2nc(-c3cc4scc(C5CCN(C(C)=O)CC5)c4n3CC3CC3)n(C)c12. The Bertz CT molecular complexity index is 1760. The number of ether oxygens (including phenoxy) is 1. The molecule has 2 saturated heterocycles. The number of likely N-dealkylation sites (tertiary alicyclic amines) is 2. The van der Waals surface area contributed by atoms with Crippen LogP contribution in [0.5, 0.6) is 5.75 Å². The van der Waals surface area contributed by atoms with Gasteiger partial charge in [-0.3, -0.25) is 9.59 Å². The van der Waals surface area contributed by atoms with Gasteiger partial charge in [-0.2, -0.15) is 0 Å². The molecule has 4 fully saturated rings. The van der Waals surface area contributed by atoms with Gasteiger partial charge in [0.15, 0.2) is 5.82 Å². The van der Waals surface area contributed by atoms with Gasteiger partial charge in [0.05, 0.1) is 28.5 Å². The highest BCUT2D eigenvalue weighted by atomic mass is 32.1. The van der Waals surface area contributed by atoms with Crippen molar-refractivity contribution in [3.05, 3.63) is 34.7 Å². The highest BCUT2D eigenvalue weighted by Crippen LogP contribution is 2.44. The van der Waals surface area contributed by atoms with E-state index in [9.17, 15) is 9.59 Å². The van der Waals surface area contributed by atoms with Gasteiger partial charge in [-0.05, 0) is 85.4 Å². The van der Waals surface area contributed by atoms with Crippen LogP contribution in [0.15, 0.2) is 23.6 Å². The molecule has 2 saturated carbocycles. The summed E-state index contributed by atoms with van der Waals surface area (Å²) in [6.45, 7) is 5.04. The highest BCUT2D eigenvalue weighted by molar-refractivity contribution is 7.17. The van der Waals surface area contributed by atoms with Crippen LogP contribution in [-0.2, 0) is 18.4 Å². The Morgan fingerprint density at radius 3 is 2.51 bits per heavy atom. The third-order valence-corrected chi connectivity index (χ3v) is 11.6. The number of amides is 2. The number of nitrogens with zero attached hydrogens (tertiary/aromatic N) is 5. The standard InChI is InChI=1S/C33H40N6O3S/c1-18(40)37-10-8-20(9-11-37)23-17-43-28-14-26(38(30(23)28)15-19-4-5-19)32-35-24-12-22(13-27(42-3)31(24)36(32)2)33(41)39-16-21-6-7-25(39)29(21)34/h12-14,17,19-21,25,29H,4-11,15-16,34H2,1-3H3/t21-,25-,29-/m1/s1. The Morgan fingerprint density at radius 2 is 1.86 bits per heavy atom. The number of rotatable bonds is 6. The molecule has 3 atom stereocenters. The quantitative estimate of drug-likeness (QED) is 0.337. The van der Waals surface area contributed by atoms with E-state index < -0.39 is 0 Å². The number of aryl methyl sites for hydroxylation is 1. The van der Waals surface area contributed by atoms with Crippen LogP contribution >= 0.6 is 11.3 Å². The zero-order valence-electron chi connectivity index (χ0n) is 25.2. The zero-order valence-corrected chi connectivity index (χ0v) is 26.0. The van der Waals surface area contributed by atoms with Crippen molar-refractivity contribution in [3.8, 4) is 17.3 Å². The third-order valence-electron chi connectivity index (χ3n) is 10.7. The first-order valence-electron chi connectivity index (χ1n) is 15.8. The van der Waals surface area contributed by atoms with Gasteiger partial charge in [0, 0.05) is 57.8 Å². The molecule has 0 radical (unpaired) electrons. The summed E-state index contributed by atoms with van der Waals surface area (Å²) in [6, 6.07) is 6.32. The van der Waals surface area contributed by atoms with Crippen molar-refractivity contribution in [1.29, 1.82) is 0 Å². The number of benzene rings is 1. The summed E-state index contributed by atoms with van der Waals surface area (Å²) in [7, 11) is 3.72. The third kappa shape index (κ3) is 4.31. The van der Waals surface area contributed by atoms with Gasteiger partial charge < -0.3 is 29.4 Å². The van der Waals surface area contributed by atoms with E-state index in [1.165, 1.54) is 28.6 Å². The molecule has 0 unspecified atom stereocenters. The van der Waals surface area contributed by atoms with Crippen molar-refractivity contribution in [2.75, 3.05) is 26.7 Å². The molecular formula is C33H40N6O3S. The molecule has 3 aromatic heterocycles. The summed E-state index contributed by atoms with van der Waals surface area (Å²) in [4.78, 5) is 34.8. The molecule has 226 valence electrons. The van der Waals surface area contributed by atoms with Gasteiger partial charge in [0.25, 0.3) is 5.91 Å². The van der Waals surface area contributed by atoms with E-state index in [0.29, 0.717) is 29.1 Å². The molecule has 5 heterocycles. The van der Waals surface area contributed by atoms with Crippen LogP contribution in [0.2, 0.25) is 0 Å². The van der Waals surface area contributed by atoms with Crippen molar-refractivity contribution in [3.63, 3.8) is 0 Å². The van der Waals surface area contributed by atoms with Gasteiger partial charge in [-0.1, -0.05) is 0 Å². The van der Waals surface area contributed by atoms with Crippen LogP contribution in [0.25, 0.3) is 32.8 Å². The Balaban J connectivity index is 1.20. The molecule has 10 heteroatoms. The first-order chi connectivity index (χ1) is 20.8. The summed E-state index contributed by atoms with van der Waals surface area (Å²) in [5, 5.41) is 2.35. The number of piperidine rings is 2. The average molecular weight is 601 g/mol. The highest BCUT2D eigenvalue weighted by Gasteiger charge is 2.47. The summed E-state index contributed by atoms with van der Waals surface area (Å²) in [6.07, 6.45) is 6.62. The largest absolute Gasteiger partial charge is 0.494 e. The van der Waals surface area contributed by atoms with Crippen LogP contribution < -0.4 is 10.5 Å². The smallest absolute Gasteiger partial charge is 0.254 e. The number of thiophene rings is 1. The first kappa shape index (κ1) is 27.2. The Labute approximate surface area is 255 Å². The fourth-order valence-corrected chi connectivity index (χ4v) is 9.17. The number of hydrogen-bond acceptors (Lipinski definition) is 6. The fraction of sp³-hybridized carbons (Fsp3) is 0.545. The lowest BCUT2D eigenvalue weighted by atomic mass is 9.90. The van der Waals surface area contributed by atoms with Crippen molar-refractivity contribution in [1.82, 2.24) is 23.9 Å². The minimum atomic E-state index is 0.0214. The Morgan fingerprint density at radius 1 is 1.07 bits per heavy atom. The molecule has 8 rings (SSSR count). The second-order valence-electron chi connectivity index (χ2n) is 13.2. The number of carbonyl (C=O) groups excluding carboxylic acids is 2. The second kappa shape index (κ2) is 10.1. The molecule has 4 aromatic rings. The average Bonchev–Trinajstić information content (AvgIpc) is 3.25. The maximum atomic E-state index is 13.7. The summed E-state index contributed by atoms with van der Waals surface area (Å²) < 4.78 is 11.8. The predicted molar refractivity (Wildman–Crippen MR) is 169 cm³/mol. The maximum absolute atomic E-state index is 13.7. The minimum absolute atomic E-state index is 0.0214. The normalized spacial score (nSPS) is 24.1. The van der Waals surface area contributed by atoms with E-state index >= 15 is 0 Å². The van der Waals surface area contributed by atoms with Crippen LogP contribution in [-0.4, -0.2) is 74.6 Å². The van der Waals surface area contributed by atoms with Gasteiger partial charge >= 0.3 is 0 Å². The molecule has 4 aliphatic rings. The molecule has 2 aliphatic carbocycles. The van der Waals surface area contributed by atoms with Gasteiger partial charge in [-0.15, -0.1) is 11.3 Å². The molecule has 43 heavy (non-hydrogen) atoms. The molecule has 9 nitrogen and oxygen atoms in total. The summed E-state index contributed by atoms with van der Waals surface area (Å²) in [5.74, 6) is 3.29. The van der Waals surface area contributed by atoms with E-state index in [1.807, 2.05) is 40.3 Å². The molecule has 0 spiro atoms. The molecule has 1 aromatic carbocycles. The van der Waals surface area contributed by atoms with Crippen LogP contribution in [0.1, 0.15) is 67.3 Å². The minimum Gasteiger partial charge on any atom is -0.494 e. The Hall–Kier alpha value is -3.37. The Kier molecular flexibility index (Phi) is 6.38. The van der Waals surface area contributed by atoms with Crippen molar-refractivity contribution in [2.24, 2.45) is 24.6 Å². The summed E-state index contributed by atoms with van der Waals surface area (Å²) in [5.41, 5.74) is 12.6. The van der Waals surface area contributed by atoms with Gasteiger partial charge in [0.2, 0.25) is 5.91 Å². The number of carbonyl (C=O) groups is 2. The lowest BCUT2D eigenvalue weighted by Crippen LogP contribution is -2.41. The van der Waals surface area contributed by atoms with Gasteiger partial charge in [0.1, 0.15) is 11.3 Å². The lowest BCUT2D eigenvalue weighted by molar-refractivity contribution is -0.129. The molecule has 2 aliphatic heterocycles. The van der Waals surface area contributed by atoms with Crippen molar-refractivity contribution < 1.29 is 14.3 Å². The lowest BCUT2D eigenvalue weighted by Gasteiger charge is -2.31. The number of aromatic nitrogens is 3. The van der Waals surface area contributed by atoms with E-state index in [0.717, 1.165) is 74.4 Å². The number of imidazole rings is 1. The van der Waals surface area contributed by atoms with E-state index in [4.69, 9.17) is 15.5 Å². The predicted octanol–water partition coefficient (Wildman–Crippen LogP) is 4.96. The van der Waals surface area contributed by atoms with Gasteiger partial charge in [-0.25, -0.2) is 4.98 Å². The first-order valence-corrected chi connectivity index (χ1v) is 16.7. The topological polar surface area (TPSA) is 98.6 Å². The number of methoxy groups -OCH3 is 1. The molecular weight excluding hydrogens is 560 g/mol. The van der Waals surface area contributed by atoms with E-state index in [1.54, 1.807) is 14.0 Å². The van der Waals surface area contributed by atoms with Crippen molar-refractivity contribution >= 4 is 44.4 Å². The molecule has 2 amide bonds. The van der Waals surface area contributed by atoms with Crippen LogP contribution in [0.3, 0.4) is 0 Å².